The molecule has 1 aromatic carbocycles. The van der Waals surface area contributed by atoms with Crippen LogP contribution in [0.25, 0.3) is 0 Å². The Morgan fingerprint density at radius 3 is 2.39 bits per heavy atom. The Morgan fingerprint density at radius 1 is 1.09 bits per heavy atom. The quantitative estimate of drug-likeness (QED) is 0.673. The lowest BCUT2D eigenvalue weighted by Gasteiger charge is -2.24. The van der Waals surface area contributed by atoms with E-state index in [1.165, 1.54) is 19.3 Å². The molecule has 1 atom stereocenters. The van der Waals surface area contributed by atoms with Gasteiger partial charge in [-0.3, -0.25) is 4.79 Å². The summed E-state index contributed by atoms with van der Waals surface area (Å²) in [5, 5.41) is 0. The number of carbonyl (C=O) groups is 1. The normalized spacial score (nSPS) is 18.6. The molecular formula is C18H27NO3S. The third-order valence-corrected chi connectivity index (χ3v) is 6.38. The van der Waals surface area contributed by atoms with Crippen LogP contribution in [0.1, 0.15) is 63.9 Å². The molecular weight excluding hydrogens is 310 g/mol. The fourth-order valence-corrected chi connectivity index (χ4v) is 4.79. The lowest BCUT2D eigenvalue weighted by Crippen LogP contribution is -2.38. The first-order valence-corrected chi connectivity index (χ1v) is 10.0. The van der Waals surface area contributed by atoms with Crippen molar-refractivity contribution >= 4 is 15.9 Å². The fourth-order valence-electron chi connectivity index (χ4n) is 3.12. The zero-order valence-corrected chi connectivity index (χ0v) is 14.9. The molecule has 1 heterocycles. The average molecular weight is 337 g/mol. The third kappa shape index (κ3) is 4.34. The first kappa shape index (κ1) is 18.0. The SMILES string of the molecule is CCCCCCC[C@H]1CCC(=O)N1S(=O)(=O)c1ccc(C)cc1. The fraction of sp³-hybridized carbons (Fsp3) is 0.611. The summed E-state index contributed by atoms with van der Waals surface area (Å²) in [6.07, 6.45) is 7.45. The number of nitrogens with zero attached hydrogens (tertiary/aromatic N) is 1. The minimum Gasteiger partial charge on any atom is -0.274 e. The molecule has 0 spiro atoms. The van der Waals surface area contributed by atoms with Crippen LogP contribution >= 0.6 is 0 Å². The highest BCUT2D eigenvalue weighted by molar-refractivity contribution is 7.89. The van der Waals surface area contributed by atoms with Crippen LogP contribution in [0.4, 0.5) is 0 Å². The predicted octanol–water partition coefficient (Wildman–Crippen LogP) is 4.04. The number of hydrogen-bond donors (Lipinski definition) is 0. The molecule has 1 aliphatic rings. The second-order valence-corrected chi connectivity index (χ2v) is 8.22. The van der Waals surface area contributed by atoms with Crippen LogP contribution < -0.4 is 0 Å². The number of benzene rings is 1. The van der Waals surface area contributed by atoms with Crippen LogP contribution in [0, 0.1) is 6.92 Å². The minimum atomic E-state index is -3.72. The standard InChI is InChI=1S/C18H27NO3S/c1-3-4-5-6-7-8-16-11-14-18(20)19(16)23(21,22)17-12-9-15(2)10-13-17/h9-10,12-13,16H,3-8,11,14H2,1-2H3/t16-/m0/s1. The molecule has 1 saturated heterocycles. The van der Waals surface area contributed by atoms with Gasteiger partial charge in [-0.15, -0.1) is 0 Å². The van der Waals surface area contributed by atoms with Crippen LogP contribution in [0.2, 0.25) is 0 Å². The molecule has 128 valence electrons. The summed E-state index contributed by atoms with van der Waals surface area (Å²) in [4.78, 5) is 12.4. The summed E-state index contributed by atoms with van der Waals surface area (Å²) in [5.41, 5.74) is 1.00. The van der Waals surface area contributed by atoms with Gasteiger partial charge in [-0.25, -0.2) is 12.7 Å². The molecule has 0 aliphatic carbocycles. The maximum absolute atomic E-state index is 12.8. The number of sulfonamides is 1. The van der Waals surface area contributed by atoms with Crippen molar-refractivity contribution in [1.29, 1.82) is 0 Å². The summed E-state index contributed by atoms with van der Waals surface area (Å²) < 4.78 is 26.8. The maximum atomic E-state index is 12.8. The van der Waals surface area contributed by atoms with Crippen molar-refractivity contribution < 1.29 is 13.2 Å². The molecule has 0 unspecified atom stereocenters. The highest BCUT2D eigenvalue weighted by Gasteiger charge is 2.39. The van der Waals surface area contributed by atoms with Gasteiger partial charge >= 0.3 is 0 Å². The predicted molar refractivity (Wildman–Crippen MR) is 91.6 cm³/mol. The van der Waals surface area contributed by atoms with Crippen LogP contribution in [0.3, 0.4) is 0 Å². The molecule has 1 aliphatic heterocycles. The number of hydrogen-bond acceptors (Lipinski definition) is 3. The van der Waals surface area contributed by atoms with E-state index in [0.29, 0.717) is 12.8 Å². The molecule has 1 aromatic rings. The van der Waals surface area contributed by atoms with E-state index >= 15 is 0 Å². The Morgan fingerprint density at radius 2 is 1.74 bits per heavy atom. The van der Waals surface area contributed by atoms with Crippen molar-refractivity contribution in [3.63, 3.8) is 0 Å². The monoisotopic (exact) mass is 337 g/mol. The van der Waals surface area contributed by atoms with E-state index in [9.17, 15) is 13.2 Å². The van der Waals surface area contributed by atoms with Gasteiger partial charge in [0.15, 0.2) is 0 Å². The lowest BCUT2D eigenvalue weighted by atomic mass is 10.1. The van der Waals surface area contributed by atoms with Crippen LogP contribution in [-0.2, 0) is 14.8 Å². The Labute approximate surface area is 139 Å². The van der Waals surface area contributed by atoms with Gasteiger partial charge in [-0.2, -0.15) is 0 Å². The summed E-state index contributed by atoms with van der Waals surface area (Å²) in [7, 11) is -3.72. The van der Waals surface area contributed by atoms with Crippen LogP contribution in [0.15, 0.2) is 29.2 Å². The van der Waals surface area contributed by atoms with Crippen molar-refractivity contribution in [3.05, 3.63) is 29.8 Å². The largest absolute Gasteiger partial charge is 0.274 e. The van der Waals surface area contributed by atoms with E-state index in [0.717, 1.165) is 29.1 Å². The molecule has 4 nitrogen and oxygen atoms in total. The van der Waals surface area contributed by atoms with Gasteiger partial charge in [0.25, 0.3) is 10.0 Å². The topological polar surface area (TPSA) is 54.5 Å². The van der Waals surface area contributed by atoms with E-state index in [1.807, 2.05) is 6.92 Å². The molecule has 0 aromatic heterocycles. The zero-order valence-electron chi connectivity index (χ0n) is 14.1. The van der Waals surface area contributed by atoms with Crippen molar-refractivity contribution in [2.75, 3.05) is 0 Å². The van der Waals surface area contributed by atoms with Gasteiger partial charge in [-0.1, -0.05) is 56.7 Å². The van der Waals surface area contributed by atoms with Crippen molar-refractivity contribution in [1.82, 2.24) is 4.31 Å². The molecule has 1 amide bonds. The number of unbranched alkanes of at least 4 members (excludes halogenated alkanes) is 4. The number of rotatable bonds is 8. The van der Waals surface area contributed by atoms with Gasteiger partial charge in [0, 0.05) is 12.5 Å². The summed E-state index contributed by atoms with van der Waals surface area (Å²) in [6.45, 7) is 4.09. The first-order valence-electron chi connectivity index (χ1n) is 8.60. The average Bonchev–Trinajstić information content (AvgIpc) is 2.89. The second-order valence-electron chi connectivity index (χ2n) is 6.40. The highest BCUT2D eigenvalue weighted by Crippen LogP contribution is 2.30. The molecule has 0 bridgehead atoms. The molecule has 0 radical (unpaired) electrons. The molecule has 0 saturated carbocycles. The molecule has 2 rings (SSSR count). The number of aryl methyl sites for hydroxylation is 1. The van der Waals surface area contributed by atoms with E-state index in [-0.39, 0.29) is 16.8 Å². The third-order valence-electron chi connectivity index (χ3n) is 4.49. The summed E-state index contributed by atoms with van der Waals surface area (Å²) >= 11 is 0. The zero-order chi connectivity index (χ0) is 16.9. The second kappa shape index (κ2) is 7.95. The number of amides is 1. The first-order chi connectivity index (χ1) is 11.0. The Balaban J connectivity index is 2.07. The van der Waals surface area contributed by atoms with E-state index in [2.05, 4.69) is 6.92 Å². The van der Waals surface area contributed by atoms with Crippen molar-refractivity contribution in [2.24, 2.45) is 0 Å². The maximum Gasteiger partial charge on any atom is 0.266 e. The van der Waals surface area contributed by atoms with Gasteiger partial charge < -0.3 is 0 Å². The van der Waals surface area contributed by atoms with E-state index < -0.39 is 10.0 Å². The highest BCUT2D eigenvalue weighted by atomic mass is 32.2. The summed E-state index contributed by atoms with van der Waals surface area (Å²) in [6, 6.07) is 6.55. The van der Waals surface area contributed by atoms with E-state index in [1.54, 1.807) is 24.3 Å². The summed E-state index contributed by atoms with van der Waals surface area (Å²) in [5.74, 6) is -0.260. The van der Waals surface area contributed by atoms with Gasteiger partial charge in [0.05, 0.1) is 4.90 Å². The molecule has 0 N–H and O–H groups in total. The van der Waals surface area contributed by atoms with Gasteiger partial charge in [-0.05, 0) is 31.9 Å². The van der Waals surface area contributed by atoms with Crippen LogP contribution in [-0.4, -0.2) is 24.7 Å². The Hall–Kier alpha value is -1.36. The minimum absolute atomic E-state index is 0.171. The molecule has 5 heteroatoms. The smallest absolute Gasteiger partial charge is 0.266 e. The van der Waals surface area contributed by atoms with Gasteiger partial charge in [0.2, 0.25) is 5.91 Å². The molecule has 1 fully saturated rings. The number of carbonyl (C=O) groups excluding carboxylic acids is 1. The van der Waals surface area contributed by atoms with Crippen molar-refractivity contribution in [2.45, 2.75) is 76.2 Å². The van der Waals surface area contributed by atoms with Crippen LogP contribution in [0.5, 0.6) is 0 Å². The van der Waals surface area contributed by atoms with Gasteiger partial charge in [0.1, 0.15) is 0 Å². The Kier molecular flexibility index (Phi) is 6.22. The Bertz CT molecular complexity index is 622. The lowest BCUT2D eigenvalue weighted by molar-refractivity contribution is -0.124. The molecule has 23 heavy (non-hydrogen) atoms. The van der Waals surface area contributed by atoms with E-state index in [4.69, 9.17) is 0 Å². The van der Waals surface area contributed by atoms with Crippen molar-refractivity contribution in [3.8, 4) is 0 Å².